The van der Waals surface area contributed by atoms with Crippen LogP contribution in [-0.2, 0) is 0 Å². The van der Waals surface area contributed by atoms with E-state index in [1.54, 1.807) is 48.5 Å². The zero-order valence-corrected chi connectivity index (χ0v) is 20.8. The number of carbonyl (C=O) groups excluding carboxylic acids is 1. The van der Waals surface area contributed by atoms with Crippen LogP contribution in [0.25, 0.3) is 43.8 Å². The van der Waals surface area contributed by atoms with Gasteiger partial charge in [0, 0.05) is 22.3 Å². The van der Waals surface area contributed by atoms with Crippen molar-refractivity contribution in [1.29, 1.82) is 0 Å². The van der Waals surface area contributed by atoms with Gasteiger partial charge in [-0.3, -0.25) is 4.79 Å². The number of ketones is 1. The van der Waals surface area contributed by atoms with E-state index in [2.05, 4.69) is 0 Å². The van der Waals surface area contributed by atoms with Crippen LogP contribution in [-0.4, -0.2) is 36.4 Å². The van der Waals surface area contributed by atoms with Crippen LogP contribution in [0.1, 0.15) is 15.9 Å². The molecule has 0 heterocycles. The molecule has 7 heteroatoms. The van der Waals surface area contributed by atoms with E-state index in [4.69, 9.17) is 0 Å². The largest absolute Gasteiger partial charge is 0.504 e. The van der Waals surface area contributed by atoms with Crippen molar-refractivity contribution in [1.82, 2.24) is 0 Å². The first kappa shape index (κ1) is 24.6. The lowest BCUT2D eigenvalue weighted by Crippen LogP contribution is -2.08. The molecule has 0 aliphatic carbocycles. The Balaban J connectivity index is 1.73. The van der Waals surface area contributed by atoms with Gasteiger partial charge in [0.1, 0.15) is 0 Å². The van der Waals surface area contributed by atoms with Crippen LogP contribution in [0.5, 0.6) is 34.5 Å². The third-order valence-corrected chi connectivity index (χ3v) is 7.15. The van der Waals surface area contributed by atoms with Gasteiger partial charge in [-0.05, 0) is 56.9 Å². The van der Waals surface area contributed by atoms with Crippen LogP contribution in [0.2, 0.25) is 0 Å². The molecule has 6 aromatic rings. The lowest BCUT2D eigenvalue weighted by Gasteiger charge is -2.18. The van der Waals surface area contributed by atoms with Crippen LogP contribution < -0.4 is 0 Å². The van der Waals surface area contributed by atoms with Gasteiger partial charge in [-0.2, -0.15) is 0 Å². The first-order chi connectivity index (χ1) is 19.3. The molecule has 6 N–H and O–H groups in total. The molecule has 0 radical (unpaired) electrons. The number of rotatable bonds is 4. The minimum Gasteiger partial charge on any atom is -0.504 e. The van der Waals surface area contributed by atoms with E-state index >= 15 is 0 Å². The summed E-state index contributed by atoms with van der Waals surface area (Å²) in [7, 11) is 0. The third-order valence-electron chi connectivity index (χ3n) is 7.15. The van der Waals surface area contributed by atoms with Crippen LogP contribution in [0.3, 0.4) is 0 Å². The molecular formula is C33H22O7. The molecule has 0 aliphatic rings. The fourth-order valence-corrected chi connectivity index (χ4v) is 5.18. The van der Waals surface area contributed by atoms with Gasteiger partial charge >= 0.3 is 0 Å². The molecule has 196 valence electrons. The quantitative estimate of drug-likeness (QED) is 0.109. The average Bonchev–Trinajstić information content (AvgIpc) is 2.97. The minimum absolute atomic E-state index is 0.135. The number of carbonyl (C=O) groups is 1. The van der Waals surface area contributed by atoms with Crippen molar-refractivity contribution in [2.24, 2.45) is 0 Å². The number of phenolic OH excluding ortho intramolecular Hbond substituents is 6. The second-order valence-corrected chi connectivity index (χ2v) is 9.41. The fourth-order valence-electron chi connectivity index (χ4n) is 5.18. The number of fused-ring (bicyclic) bond motifs is 2. The number of hydrogen-bond donors (Lipinski definition) is 6. The van der Waals surface area contributed by atoms with E-state index in [1.165, 1.54) is 24.3 Å². The highest BCUT2D eigenvalue weighted by Crippen LogP contribution is 2.47. The Morgan fingerprint density at radius 2 is 0.775 bits per heavy atom. The smallest absolute Gasteiger partial charge is 0.200 e. The van der Waals surface area contributed by atoms with Gasteiger partial charge in [0.25, 0.3) is 0 Å². The van der Waals surface area contributed by atoms with E-state index in [0.29, 0.717) is 21.9 Å². The predicted molar refractivity (Wildman–Crippen MR) is 152 cm³/mol. The van der Waals surface area contributed by atoms with Gasteiger partial charge < -0.3 is 30.6 Å². The second kappa shape index (κ2) is 9.25. The molecule has 6 aromatic carbocycles. The second-order valence-electron chi connectivity index (χ2n) is 9.41. The predicted octanol–water partition coefficient (Wildman–Crippen LogP) is 6.79. The van der Waals surface area contributed by atoms with Gasteiger partial charge in [-0.25, -0.2) is 0 Å². The van der Waals surface area contributed by atoms with Gasteiger partial charge in [-0.1, -0.05) is 72.8 Å². The van der Waals surface area contributed by atoms with Gasteiger partial charge in [0.05, 0.1) is 0 Å². The Morgan fingerprint density at radius 3 is 1.20 bits per heavy atom. The van der Waals surface area contributed by atoms with Crippen molar-refractivity contribution in [2.45, 2.75) is 0 Å². The summed E-state index contributed by atoms with van der Waals surface area (Å²) >= 11 is 0. The van der Waals surface area contributed by atoms with E-state index < -0.39 is 40.3 Å². The normalized spacial score (nSPS) is 11.2. The first-order valence-corrected chi connectivity index (χ1v) is 12.3. The number of aromatic hydroxyl groups is 6. The highest BCUT2D eigenvalue weighted by molar-refractivity contribution is 6.27. The topological polar surface area (TPSA) is 138 Å². The summed E-state index contributed by atoms with van der Waals surface area (Å²) in [6, 6.07) is 26.7. The molecule has 40 heavy (non-hydrogen) atoms. The molecule has 0 saturated carbocycles. The molecule has 0 saturated heterocycles. The van der Waals surface area contributed by atoms with Gasteiger partial charge in [-0.15, -0.1) is 0 Å². The number of benzene rings is 6. The molecular weight excluding hydrogens is 508 g/mol. The number of phenols is 6. The van der Waals surface area contributed by atoms with Gasteiger partial charge in [0.15, 0.2) is 28.8 Å². The molecule has 0 aromatic heterocycles. The summed E-state index contributed by atoms with van der Waals surface area (Å²) < 4.78 is 0. The van der Waals surface area contributed by atoms with E-state index in [0.717, 1.165) is 10.8 Å². The highest BCUT2D eigenvalue weighted by atomic mass is 16.3. The average molecular weight is 531 g/mol. The molecule has 0 fully saturated rings. The monoisotopic (exact) mass is 530 g/mol. The summed E-state index contributed by atoms with van der Waals surface area (Å²) in [4.78, 5) is 14.8. The zero-order chi connectivity index (χ0) is 28.1. The highest BCUT2D eigenvalue weighted by Gasteiger charge is 2.27. The summed E-state index contributed by atoms with van der Waals surface area (Å²) in [6.45, 7) is 0. The van der Waals surface area contributed by atoms with E-state index in [1.807, 2.05) is 24.3 Å². The Bertz CT molecular complexity index is 1850. The maximum absolute atomic E-state index is 14.8. The van der Waals surface area contributed by atoms with Crippen molar-refractivity contribution in [2.75, 3.05) is 0 Å². The lowest BCUT2D eigenvalue weighted by atomic mass is 9.84. The van der Waals surface area contributed by atoms with Crippen LogP contribution in [0.4, 0.5) is 0 Å². The number of hydrogen-bond acceptors (Lipinski definition) is 7. The van der Waals surface area contributed by atoms with E-state index in [9.17, 15) is 35.4 Å². The maximum atomic E-state index is 14.8. The summed E-state index contributed by atoms with van der Waals surface area (Å²) in [5, 5.41) is 64.6. The SMILES string of the molecule is O=C(c1c(-c2ccc(O)c(O)c2O)ccc2ccccc12)c1c(-c2ccc(O)c(O)c2O)ccc2ccccc12. The minimum atomic E-state index is -0.709. The molecule has 0 spiro atoms. The molecule has 0 amide bonds. The van der Waals surface area contributed by atoms with Crippen molar-refractivity contribution in [3.05, 3.63) is 108 Å². The summed E-state index contributed by atoms with van der Waals surface area (Å²) in [5.74, 6) is -4.04. The van der Waals surface area contributed by atoms with Crippen LogP contribution in [0, 0.1) is 0 Å². The Morgan fingerprint density at radius 1 is 0.400 bits per heavy atom. The fraction of sp³-hybridized carbons (Fsp3) is 0. The molecule has 0 unspecified atom stereocenters. The van der Waals surface area contributed by atoms with E-state index in [-0.39, 0.29) is 22.3 Å². The molecule has 0 atom stereocenters. The summed E-state index contributed by atoms with van der Waals surface area (Å²) in [5.41, 5.74) is 1.34. The Hall–Kier alpha value is -5.69. The van der Waals surface area contributed by atoms with Crippen LogP contribution >= 0.6 is 0 Å². The molecule has 6 rings (SSSR count). The first-order valence-electron chi connectivity index (χ1n) is 12.3. The van der Waals surface area contributed by atoms with Crippen molar-refractivity contribution < 1.29 is 35.4 Å². The molecule has 7 nitrogen and oxygen atoms in total. The lowest BCUT2D eigenvalue weighted by molar-refractivity contribution is 0.104. The van der Waals surface area contributed by atoms with Gasteiger partial charge in [0.2, 0.25) is 11.5 Å². The standard InChI is InChI=1S/C33H22O7/c34-25-15-13-23(29(36)31(25)38)21-11-9-17-5-1-3-7-19(17)27(21)33(40)28-20-8-4-2-6-18(20)10-12-22(28)24-14-16-26(35)32(39)30(24)37/h1-16,34-39H. The van der Waals surface area contributed by atoms with Crippen molar-refractivity contribution in [3.63, 3.8) is 0 Å². The van der Waals surface area contributed by atoms with Crippen molar-refractivity contribution in [3.8, 4) is 56.8 Å². The molecule has 0 bridgehead atoms. The zero-order valence-electron chi connectivity index (χ0n) is 20.8. The molecule has 0 aliphatic heterocycles. The summed E-state index contributed by atoms with van der Waals surface area (Å²) in [6.07, 6.45) is 0. The third kappa shape index (κ3) is 3.72. The Kier molecular flexibility index (Phi) is 5.70. The maximum Gasteiger partial charge on any atom is 0.200 e. The van der Waals surface area contributed by atoms with Crippen molar-refractivity contribution >= 4 is 27.3 Å². The Labute approximate surface area is 227 Å². The van der Waals surface area contributed by atoms with Crippen LogP contribution in [0.15, 0.2) is 97.1 Å².